The number of carbonyl (C=O) groups is 2. The first-order chi connectivity index (χ1) is 6.09. The zero-order valence-corrected chi connectivity index (χ0v) is 7.67. The Morgan fingerprint density at radius 1 is 1.54 bits per heavy atom. The number of nitrogens with two attached hydrogens (primary N) is 1. The molecule has 0 bridgehead atoms. The molecule has 0 saturated heterocycles. The lowest BCUT2D eigenvalue weighted by atomic mass is 9.92. The van der Waals surface area contributed by atoms with Crippen LogP contribution in [0.5, 0.6) is 0 Å². The van der Waals surface area contributed by atoms with E-state index in [0.717, 1.165) is 24.8 Å². The molecule has 1 atom stereocenters. The summed E-state index contributed by atoms with van der Waals surface area (Å²) in [5.74, 6) is -0.735. The van der Waals surface area contributed by atoms with Crippen molar-refractivity contribution in [2.24, 2.45) is 5.73 Å². The highest BCUT2D eigenvalue weighted by Gasteiger charge is 2.13. The molecule has 0 radical (unpaired) electrons. The SMILES string of the molecule is C[C@@H](NC(=O)C=C1CCC1)C(N)=O. The Labute approximate surface area is 77.2 Å². The first kappa shape index (κ1) is 9.77. The van der Waals surface area contributed by atoms with Gasteiger partial charge in [-0.15, -0.1) is 0 Å². The fourth-order valence-electron chi connectivity index (χ4n) is 1.04. The second-order valence-corrected chi connectivity index (χ2v) is 3.29. The normalized spacial score (nSPS) is 17.2. The fourth-order valence-corrected chi connectivity index (χ4v) is 1.04. The Bertz CT molecular complexity index is 252. The largest absolute Gasteiger partial charge is 0.368 e. The standard InChI is InChI=1S/C9H14N2O2/c1-6(9(10)13)11-8(12)5-7-3-2-4-7/h5-6H,2-4H2,1H3,(H2,10,13)(H,11,12)/t6-/m1/s1. The number of allylic oxidation sites excluding steroid dienone is 1. The van der Waals surface area contributed by atoms with Gasteiger partial charge in [-0.25, -0.2) is 0 Å². The molecule has 4 nitrogen and oxygen atoms in total. The predicted octanol–water partition coefficient (Wildman–Crippen LogP) is 0.0867. The van der Waals surface area contributed by atoms with Gasteiger partial charge in [-0.1, -0.05) is 5.57 Å². The van der Waals surface area contributed by atoms with E-state index in [-0.39, 0.29) is 5.91 Å². The van der Waals surface area contributed by atoms with Crippen molar-refractivity contribution >= 4 is 11.8 Å². The molecule has 2 amide bonds. The molecule has 3 N–H and O–H groups in total. The van der Waals surface area contributed by atoms with Gasteiger partial charge in [0.1, 0.15) is 6.04 Å². The second kappa shape index (κ2) is 4.07. The van der Waals surface area contributed by atoms with Crippen LogP contribution in [-0.2, 0) is 9.59 Å². The smallest absolute Gasteiger partial charge is 0.244 e. The molecule has 1 aliphatic rings. The number of nitrogens with one attached hydrogen (secondary N) is 1. The Balaban J connectivity index is 2.36. The molecular weight excluding hydrogens is 168 g/mol. The van der Waals surface area contributed by atoms with Crippen molar-refractivity contribution in [3.63, 3.8) is 0 Å². The van der Waals surface area contributed by atoms with Crippen molar-refractivity contribution in [1.82, 2.24) is 5.32 Å². The predicted molar refractivity (Wildman–Crippen MR) is 48.7 cm³/mol. The van der Waals surface area contributed by atoms with Crippen molar-refractivity contribution in [3.8, 4) is 0 Å². The summed E-state index contributed by atoms with van der Waals surface area (Å²) in [6.07, 6.45) is 4.71. The van der Waals surface area contributed by atoms with Crippen LogP contribution >= 0.6 is 0 Å². The van der Waals surface area contributed by atoms with Gasteiger partial charge in [-0.3, -0.25) is 9.59 Å². The number of primary amides is 1. The van der Waals surface area contributed by atoms with Gasteiger partial charge in [0, 0.05) is 6.08 Å². The Hall–Kier alpha value is -1.32. The summed E-state index contributed by atoms with van der Waals surface area (Å²) in [4.78, 5) is 21.8. The summed E-state index contributed by atoms with van der Waals surface area (Å²) in [6, 6.07) is -0.593. The number of hydrogen-bond acceptors (Lipinski definition) is 2. The van der Waals surface area contributed by atoms with Crippen LogP contribution < -0.4 is 11.1 Å². The molecule has 1 fully saturated rings. The Kier molecular flexibility index (Phi) is 3.06. The molecule has 13 heavy (non-hydrogen) atoms. The lowest BCUT2D eigenvalue weighted by molar-refractivity contribution is -0.124. The molecule has 1 rings (SSSR count). The highest BCUT2D eigenvalue weighted by molar-refractivity contribution is 5.92. The van der Waals surface area contributed by atoms with Gasteiger partial charge in [-0.2, -0.15) is 0 Å². The van der Waals surface area contributed by atoms with E-state index in [4.69, 9.17) is 5.73 Å². The van der Waals surface area contributed by atoms with Crippen molar-refractivity contribution in [1.29, 1.82) is 0 Å². The van der Waals surface area contributed by atoms with Crippen LogP contribution in [0.4, 0.5) is 0 Å². The van der Waals surface area contributed by atoms with Crippen LogP contribution in [0.3, 0.4) is 0 Å². The molecule has 1 saturated carbocycles. The maximum absolute atomic E-state index is 11.2. The van der Waals surface area contributed by atoms with E-state index >= 15 is 0 Å². The molecule has 0 aromatic heterocycles. The molecule has 4 heteroatoms. The quantitative estimate of drug-likeness (QED) is 0.607. The van der Waals surface area contributed by atoms with E-state index in [1.807, 2.05) is 0 Å². The van der Waals surface area contributed by atoms with Crippen LogP contribution in [0, 0.1) is 0 Å². The molecular formula is C9H14N2O2. The molecule has 72 valence electrons. The number of rotatable bonds is 3. The van der Waals surface area contributed by atoms with Gasteiger partial charge in [-0.05, 0) is 26.2 Å². The molecule has 0 unspecified atom stereocenters. The van der Waals surface area contributed by atoms with Gasteiger partial charge >= 0.3 is 0 Å². The van der Waals surface area contributed by atoms with E-state index < -0.39 is 11.9 Å². The molecule has 0 aromatic carbocycles. The third-order valence-corrected chi connectivity index (χ3v) is 2.12. The first-order valence-corrected chi connectivity index (χ1v) is 4.39. The van der Waals surface area contributed by atoms with Gasteiger partial charge in [0.15, 0.2) is 0 Å². The lowest BCUT2D eigenvalue weighted by Crippen LogP contribution is -2.41. The second-order valence-electron chi connectivity index (χ2n) is 3.29. The summed E-state index contributed by atoms with van der Waals surface area (Å²) in [5.41, 5.74) is 6.13. The third kappa shape index (κ3) is 2.89. The Morgan fingerprint density at radius 2 is 2.15 bits per heavy atom. The molecule has 0 spiro atoms. The van der Waals surface area contributed by atoms with E-state index in [9.17, 15) is 9.59 Å². The minimum Gasteiger partial charge on any atom is -0.368 e. The monoisotopic (exact) mass is 182 g/mol. The van der Waals surface area contributed by atoms with E-state index in [1.54, 1.807) is 13.0 Å². The van der Waals surface area contributed by atoms with Crippen LogP contribution in [0.25, 0.3) is 0 Å². The zero-order chi connectivity index (χ0) is 9.84. The van der Waals surface area contributed by atoms with Gasteiger partial charge in [0.25, 0.3) is 0 Å². The number of hydrogen-bond donors (Lipinski definition) is 2. The van der Waals surface area contributed by atoms with E-state index in [0.29, 0.717) is 0 Å². The van der Waals surface area contributed by atoms with Gasteiger partial charge in [0.05, 0.1) is 0 Å². The number of carbonyl (C=O) groups excluding carboxylic acids is 2. The van der Waals surface area contributed by atoms with Crippen molar-refractivity contribution < 1.29 is 9.59 Å². The molecule has 0 aromatic rings. The van der Waals surface area contributed by atoms with E-state index in [2.05, 4.69) is 5.32 Å². The van der Waals surface area contributed by atoms with Crippen molar-refractivity contribution in [3.05, 3.63) is 11.6 Å². The summed E-state index contributed by atoms with van der Waals surface area (Å²) in [7, 11) is 0. The van der Waals surface area contributed by atoms with Gasteiger partial charge < -0.3 is 11.1 Å². The highest BCUT2D eigenvalue weighted by atomic mass is 16.2. The summed E-state index contributed by atoms with van der Waals surface area (Å²) < 4.78 is 0. The lowest BCUT2D eigenvalue weighted by Gasteiger charge is -2.16. The fraction of sp³-hybridized carbons (Fsp3) is 0.556. The van der Waals surface area contributed by atoms with Crippen molar-refractivity contribution in [2.45, 2.75) is 32.2 Å². The maximum atomic E-state index is 11.2. The first-order valence-electron chi connectivity index (χ1n) is 4.39. The molecule has 0 aliphatic heterocycles. The average Bonchev–Trinajstić information content (AvgIpc) is 1.96. The average molecular weight is 182 g/mol. The van der Waals surface area contributed by atoms with Crippen LogP contribution in [-0.4, -0.2) is 17.9 Å². The summed E-state index contributed by atoms with van der Waals surface area (Å²) in [5, 5.41) is 2.49. The summed E-state index contributed by atoms with van der Waals surface area (Å²) >= 11 is 0. The van der Waals surface area contributed by atoms with Crippen LogP contribution in [0.15, 0.2) is 11.6 Å². The van der Waals surface area contributed by atoms with Crippen molar-refractivity contribution in [2.75, 3.05) is 0 Å². The minimum absolute atomic E-state index is 0.221. The highest BCUT2D eigenvalue weighted by Crippen LogP contribution is 2.24. The molecule has 1 aliphatic carbocycles. The van der Waals surface area contributed by atoms with Crippen LogP contribution in [0.2, 0.25) is 0 Å². The number of amides is 2. The zero-order valence-electron chi connectivity index (χ0n) is 7.67. The van der Waals surface area contributed by atoms with Gasteiger partial charge in [0.2, 0.25) is 11.8 Å². The van der Waals surface area contributed by atoms with Crippen LogP contribution in [0.1, 0.15) is 26.2 Å². The third-order valence-electron chi connectivity index (χ3n) is 2.12. The van der Waals surface area contributed by atoms with E-state index in [1.165, 1.54) is 0 Å². The topological polar surface area (TPSA) is 72.2 Å². The minimum atomic E-state index is -0.593. The maximum Gasteiger partial charge on any atom is 0.244 e. The molecule has 0 heterocycles. The Morgan fingerprint density at radius 3 is 2.54 bits per heavy atom. The summed E-state index contributed by atoms with van der Waals surface area (Å²) in [6.45, 7) is 1.57.